The summed E-state index contributed by atoms with van der Waals surface area (Å²) in [5.74, 6) is -0.678. The number of amides is 2. The zero-order valence-corrected chi connectivity index (χ0v) is 10.8. The second-order valence-corrected chi connectivity index (χ2v) is 4.17. The maximum absolute atomic E-state index is 11.7. The molecule has 5 N–H and O–H groups in total. The normalized spacial score (nSPS) is 11.7. The summed E-state index contributed by atoms with van der Waals surface area (Å²) in [6, 6.07) is 6.41. The number of aliphatic hydroxyl groups is 1. The van der Waals surface area contributed by atoms with Crippen LogP contribution in [0.15, 0.2) is 24.3 Å². The molecule has 1 unspecified atom stereocenters. The van der Waals surface area contributed by atoms with Crippen LogP contribution in [0.3, 0.4) is 0 Å². The second-order valence-electron chi connectivity index (χ2n) is 4.17. The Morgan fingerprint density at radius 3 is 2.47 bits per heavy atom. The highest BCUT2D eigenvalue weighted by atomic mass is 16.3. The molecule has 0 bridgehead atoms. The first-order chi connectivity index (χ1) is 9.02. The monoisotopic (exact) mass is 265 g/mol. The fourth-order valence-electron chi connectivity index (χ4n) is 1.34. The number of aliphatic hydroxyl groups excluding tert-OH is 1. The Morgan fingerprint density at radius 1 is 1.26 bits per heavy atom. The van der Waals surface area contributed by atoms with E-state index in [0.717, 1.165) is 0 Å². The van der Waals surface area contributed by atoms with Gasteiger partial charge in [0.15, 0.2) is 0 Å². The van der Waals surface area contributed by atoms with Gasteiger partial charge in [0.2, 0.25) is 5.91 Å². The minimum absolute atomic E-state index is 0.125. The zero-order chi connectivity index (χ0) is 14.3. The van der Waals surface area contributed by atoms with Gasteiger partial charge in [-0.25, -0.2) is 0 Å². The van der Waals surface area contributed by atoms with Gasteiger partial charge < -0.3 is 21.5 Å². The predicted molar refractivity (Wildman–Crippen MR) is 72.5 cm³/mol. The maximum atomic E-state index is 11.7. The molecule has 0 aliphatic carbocycles. The number of hydrogen-bond acceptors (Lipinski definition) is 4. The number of nitrogens with two attached hydrogens (primary N) is 1. The molecule has 0 spiro atoms. The molecule has 1 aromatic rings. The average molecular weight is 265 g/mol. The van der Waals surface area contributed by atoms with Crippen LogP contribution in [0.25, 0.3) is 0 Å². The molecule has 104 valence electrons. The van der Waals surface area contributed by atoms with Crippen LogP contribution >= 0.6 is 0 Å². The Hall–Kier alpha value is -2.08. The van der Waals surface area contributed by atoms with Crippen molar-refractivity contribution in [2.45, 2.75) is 19.4 Å². The molecule has 0 radical (unpaired) electrons. The van der Waals surface area contributed by atoms with Gasteiger partial charge in [0, 0.05) is 17.8 Å². The first kappa shape index (κ1) is 15.0. The summed E-state index contributed by atoms with van der Waals surface area (Å²) in [4.78, 5) is 23.1. The summed E-state index contributed by atoms with van der Waals surface area (Å²) in [5.41, 5.74) is 6.52. The predicted octanol–water partition coefficient (Wildman–Crippen LogP) is -0.114. The van der Waals surface area contributed by atoms with Crippen LogP contribution in [-0.2, 0) is 4.79 Å². The van der Waals surface area contributed by atoms with E-state index in [9.17, 15) is 14.7 Å². The summed E-state index contributed by atoms with van der Waals surface area (Å²) >= 11 is 0. The van der Waals surface area contributed by atoms with E-state index in [2.05, 4.69) is 10.6 Å². The van der Waals surface area contributed by atoms with Crippen molar-refractivity contribution in [2.75, 3.05) is 18.8 Å². The summed E-state index contributed by atoms with van der Waals surface area (Å²) in [5, 5.41) is 14.3. The number of rotatable bonds is 6. The van der Waals surface area contributed by atoms with Gasteiger partial charge in [-0.3, -0.25) is 9.59 Å². The lowest BCUT2D eigenvalue weighted by atomic mass is 10.2. The van der Waals surface area contributed by atoms with Crippen molar-refractivity contribution in [3.05, 3.63) is 29.8 Å². The van der Waals surface area contributed by atoms with Crippen molar-refractivity contribution in [3.63, 3.8) is 0 Å². The lowest BCUT2D eigenvalue weighted by Crippen LogP contribution is -2.39. The second kappa shape index (κ2) is 7.38. The molecule has 0 aliphatic rings. The number of hydrogen-bond donors (Lipinski definition) is 4. The van der Waals surface area contributed by atoms with Crippen LogP contribution in [0.2, 0.25) is 0 Å². The molecular weight excluding hydrogens is 246 g/mol. The first-order valence-electron chi connectivity index (χ1n) is 6.11. The Bertz CT molecular complexity index is 431. The van der Waals surface area contributed by atoms with Crippen molar-refractivity contribution in [1.29, 1.82) is 0 Å². The maximum Gasteiger partial charge on any atom is 0.251 e. The molecule has 2 amide bonds. The van der Waals surface area contributed by atoms with Gasteiger partial charge in [-0.15, -0.1) is 0 Å². The van der Waals surface area contributed by atoms with Gasteiger partial charge in [0.1, 0.15) is 0 Å². The highest BCUT2D eigenvalue weighted by Crippen LogP contribution is 2.04. The summed E-state index contributed by atoms with van der Waals surface area (Å²) in [7, 11) is 0. The number of carbonyl (C=O) groups excluding carboxylic acids is 2. The third-order valence-corrected chi connectivity index (χ3v) is 2.59. The Balaban J connectivity index is 2.34. The van der Waals surface area contributed by atoms with E-state index in [-0.39, 0.29) is 24.9 Å². The minimum atomic E-state index is -0.559. The average Bonchev–Trinajstić information content (AvgIpc) is 2.42. The van der Waals surface area contributed by atoms with Crippen molar-refractivity contribution in [2.24, 2.45) is 0 Å². The van der Waals surface area contributed by atoms with Gasteiger partial charge in [-0.2, -0.15) is 0 Å². The van der Waals surface area contributed by atoms with Crippen LogP contribution in [0.1, 0.15) is 23.7 Å². The molecule has 0 aliphatic heterocycles. The minimum Gasteiger partial charge on any atom is -0.399 e. The van der Waals surface area contributed by atoms with E-state index in [1.54, 1.807) is 24.3 Å². The summed E-state index contributed by atoms with van der Waals surface area (Å²) in [6.07, 6.45) is 0.00897. The van der Waals surface area contributed by atoms with E-state index < -0.39 is 6.10 Å². The molecule has 1 atom stereocenters. The fourth-order valence-corrected chi connectivity index (χ4v) is 1.34. The van der Waals surface area contributed by atoms with Gasteiger partial charge in [-0.05, 0) is 30.7 Å². The zero-order valence-electron chi connectivity index (χ0n) is 10.8. The van der Waals surface area contributed by atoms with E-state index >= 15 is 0 Å². The molecule has 1 aromatic carbocycles. The third kappa shape index (κ3) is 5.39. The fraction of sp³-hybridized carbons (Fsp3) is 0.385. The van der Waals surface area contributed by atoms with Crippen molar-refractivity contribution in [1.82, 2.24) is 10.6 Å². The Labute approximate surface area is 112 Å². The molecule has 0 fully saturated rings. The standard InChI is InChI=1S/C13H19N3O3/c1-2-11(17)7-15-12(18)8-16-13(19)9-3-5-10(14)6-4-9/h3-6,11,17H,2,7-8,14H2,1H3,(H,15,18)(H,16,19). The highest BCUT2D eigenvalue weighted by molar-refractivity contribution is 5.96. The molecule has 0 aromatic heterocycles. The number of nitrogens with one attached hydrogen (secondary N) is 2. The van der Waals surface area contributed by atoms with Crippen LogP contribution in [0.5, 0.6) is 0 Å². The molecule has 6 nitrogen and oxygen atoms in total. The highest BCUT2D eigenvalue weighted by Gasteiger charge is 2.08. The molecule has 0 saturated carbocycles. The van der Waals surface area contributed by atoms with Gasteiger partial charge in [0.25, 0.3) is 5.91 Å². The van der Waals surface area contributed by atoms with Crippen LogP contribution in [-0.4, -0.2) is 36.1 Å². The van der Waals surface area contributed by atoms with Crippen LogP contribution in [0, 0.1) is 0 Å². The quantitative estimate of drug-likeness (QED) is 0.538. The van der Waals surface area contributed by atoms with E-state index in [1.165, 1.54) is 0 Å². The number of anilines is 1. The van der Waals surface area contributed by atoms with Gasteiger partial charge in [-0.1, -0.05) is 6.92 Å². The summed E-state index contributed by atoms with van der Waals surface area (Å²) < 4.78 is 0. The van der Waals surface area contributed by atoms with Crippen LogP contribution in [0.4, 0.5) is 5.69 Å². The largest absolute Gasteiger partial charge is 0.399 e. The van der Waals surface area contributed by atoms with E-state index in [0.29, 0.717) is 17.7 Å². The lowest BCUT2D eigenvalue weighted by Gasteiger charge is -2.10. The van der Waals surface area contributed by atoms with E-state index in [4.69, 9.17) is 5.73 Å². The molecule has 6 heteroatoms. The van der Waals surface area contributed by atoms with Crippen molar-refractivity contribution >= 4 is 17.5 Å². The number of carbonyl (C=O) groups is 2. The third-order valence-electron chi connectivity index (χ3n) is 2.59. The SMILES string of the molecule is CCC(O)CNC(=O)CNC(=O)c1ccc(N)cc1. The lowest BCUT2D eigenvalue weighted by molar-refractivity contribution is -0.120. The molecular formula is C13H19N3O3. The molecule has 0 heterocycles. The summed E-state index contributed by atoms with van der Waals surface area (Å²) in [6.45, 7) is 1.88. The van der Waals surface area contributed by atoms with Gasteiger partial charge in [0.05, 0.1) is 12.6 Å². The molecule has 0 saturated heterocycles. The van der Waals surface area contributed by atoms with Gasteiger partial charge >= 0.3 is 0 Å². The first-order valence-corrected chi connectivity index (χ1v) is 6.11. The molecule has 1 rings (SSSR count). The topological polar surface area (TPSA) is 104 Å². The van der Waals surface area contributed by atoms with Crippen molar-refractivity contribution in [3.8, 4) is 0 Å². The number of nitrogen functional groups attached to an aromatic ring is 1. The number of benzene rings is 1. The smallest absolute Gasteiger partial charge is 0.251 e. The Kier molecular flexibility index (Phi) is 5.81. The Morgan fingerprint density at radius 2 is 1.89 bits per heavy atom. The molecule has 19 heavy (non-hydrogen) atoms. The van der Waals surface area contributed by atoms with Crippen LogP contribution < -0.4 is 16.4 Å². The van der Waals surface area contributed by atoms with Crippen molar-refractivity contribution < 1.29 is 14.7 Å². The van der Waals surface area contributed by atoms with E-state index in [1.807, 2.05) is 6.92 Å².